The van der Waals surface area contributed by atoms with Crippen LogP contribution in [0, 0.1) is 39.4 Å². The highest BCUT2D eigenvalue weighted by Crippen LogP contribution is 2.73. The van der Waals surface area contributed by atoms with Gasteiger partial charge < -0.3 is 14.2 Å². The molecule has 0 saturated heterocycles. The first-order valence-electron chi connectivity index (χ1n) is 13.5. The van der Waals surface area contributed by atoms with E-state index in [2.05, 4.69) is 34.6 Å². The van der Waals surface area contributed by atoms with Crippen molar-refractivity contribution >= 4 is 17.9 Å². The summed E-state index contributed by atoms with van der Waals surface area (Å²) in [6.45, 7) is 14.8. The van der Waals surface area contributed by atoms with Crippen LogP contribution in [-0.2, 0) is 28.6 Å². The zero-order valence-corrected chi connectivity index (χ0v) is 22.4. The molecule has 0 N–H and O–H groups in total. The third-order valence-electron chi connectivity index (χ3n) is 11.4. The van der Waals surface area contributed by atoms with E-state index in [-0.39, 0.29) is 40.2 Å². The van der Waals surface area contributed by atoms with Gasteiger partial charge in [-0.2, -0.15) is 0 Å². The third kappa shape index (κ3) is 3.44. The van der Waals surface area contributed by atoms with Crippen molar-refractivity contribution in [2.45, 2.75) is 112 Å². The second-order valence-electron chi connectivity index (χ2n) is 13.5. The van der Waals surface area contributed by atoms with E-state index in [1.54, 1.807) is 0 Å². The zero-order chi connectivity index (χ0) is 25.6. The maximum atomic E-state index is 12.5. The molecule has 4 aliphatic carbocycles. The molecule has 5 aliphatic rings. The zero-order valence-electron chi connectivity index (χ0n) is 22.4. The highest BCUT2D eigenvalue weighted by molar-refractivity contribution is 5.86. The summed E-state index contributed by atoms with van der Waals surface area (Å²) in [7, 11) is 0. The van der Waals surface area contributed by atoms with E-state index in [0.29, 0.717) is 18.3 Å². The number of esters is 3. The highest BCUT2D eigenvalue weighted by Gasteiger charge is 2.71. The van der Waals surface area contributed by atoms with Crippen molar-refractivity contribution < 1.29 is 28.6 Å². The van der Waals surface area contributed by atoms with Gasteiger partial charge in [-0.05, 0) is 72.5 Å². The summed E-state index contributed by atoms with van der Waals surface area (Å²) in [5, 5.41) is 0. The van der Waals surface area contributed by atoms with E-state index >= 15 is 0 Å². The second-order valence-corrected chi connectivity index (χ2v) is 13.5. The maximum Gasteiger partial charge on any atom is 0.331 e. The normalized spacial score (nSPS) is 47.7. The predicted molar refractivity (Wildman–Crippen MR) is 130 cm³/mol. The van der Waals surface area contributed by atoms with Gasteiger partial charge in [-0.1, -0.05) is 41.0 Å². The first kappa shape index (κ1) is 24.8. The van der Waals surface area contributed by atoms with Crippen molar-refractivity contribution in [1.82, 2.24) is 0 Å². The Kier molecular flexibility index (Phi) is 5.55. The van der Waals surface area contributed by atoms with Crippen LogP contribution in [0.3, 0.4) is 0 Å². The van der Waals surface area contributed by atoms with Crippen molar-refractivity contribution in [3.05, 3.63) is 11.6 Å². The Bertz CT molecular complexity index is 982. The molecule has 0 radical (unpaired) electrons. The van der Waals surface area contributed by atoms with E-state index in [9.17, 15) is 14.4 Å². The van der Waals surface area contributed by atoms with Crippen LogP contribution in [-0.4, -0.2) is 36.2 Å². The molecule has 0 bridgehead atoms. The first-order chi connectivity index (χ1) is 16.2. The molecule has 3 unspecified atom stereocenters. The average molecular weight is 487 g/mol. The molecule has 4 saturated carbocycles. The van der Waals surface area contributed by atoms with Gasteiger partial charge in [0.1, 0.15) is 18.3 Å². The molecule has 6 nitrogen and oxygen atoms in total. The Labute approximate surface area is 209 Å². The van der Waals surface area contributed by atoms with E-state index < -0.39 is 23.6 Å². The SMILES string of the molecule is CC(=O)O[C@H]1CC2[C@]3(C)CCC4C(C)(C)CCC[C@]4(C)C3C[C@H](OC(C)=O)[C@]2(C)[C@H]2OC(=O)C=C12. The van der Waals surface area contributed by atoms with Gasteiger partial charge in [0, 0.05) is 30.9 Å². The standard InChI is InChI=1S/C29H42O6/c1-16(30)33-19-14-22-28(6)12-9-20-26(3,4)10-8-11-27(20,5)21(28)15-23(34-17(2)31)29(22,7)25-18(19)13-24(32)35-25/h13,19-23,25H,8-12,14-15H2,1-7H3/t19-,20?,21?,22?,23-,25-,27-,28+,29+/m0/s1. The Hall–Kier alpha value is -1.85. The molecule has 5 rings (SSSR count). The molecule has 0 aromatic carbocycles. The smallest absolute Gasteiger partial charge is 0.331 e. The lowest BCUT2D eigenvalue weighted by Crippen LogP contribution is -2.69. The minimum absolute atomic E-state index is 0.0387. The van der Waals surface area contributed by atoms with Gasteiger partial charge in [0.15, 0.2) is 0 Å². The largest absolute Gasteiger partial charge is 0.462 e. The van der Waals surface area contributed by atoms with Gasteiger partial charge in [0.25, 0.3) is 0 Å². The van der Waals surface area contributed by atoms with Crippen LogP contribution in [0.1, 0.15) is 93.4 Å². The van der Waals surface area contributed by atoms with Gasteiger partial charge in [-0.3, -0.25) is 9.59 Å². The van der Waals surface area contributed by atoms with Gasteiger partial charge in [0.2, 0.25) is 0 Å². The van der Waals surface area contributed by atoms with Crippen LogP contribution < -0.4 is 0 Å². The van der Waals surface area contributed by atoms with E-state index in [4.69, 9.17) is 14.2 Å². The van der Waals surface area contributed by atoms with E-state index in [0.717, 1.165) is 18.4 Å². The Morgan fingerprint density at radius 1 is 0.886 bits per heavy atom. The van der Waals surface area contributed by atoms with Crippen molar-refractivity contribution in [2.75, 3.05) is 0 Å². The van der Waals surface area contributed by atoms with Crippen molar-refractivity contribution in [3.8, 4) is 0 Å². The van der Waals surface area contributed by atoms with Crippen LogP contribution in [0.4, 0.5) is 0 Å². The second kappa shape index (κ2) is 7.82. The number of hydrogen-bond acceptors (Lipinski definition) is 6. The fourth-order valence-electron chi connectivity index (χ4n) is 10.1. The minimum Gasteiger partial charge on any atom is -0.462 e. The Morgan fingerprint density at radius 2 is 1.54 bits per heavy atom. The molecule has 35 heavy (non-hydrogen) atoms. The number of hydrogen-bond donors (Lipinski definition) is 0. The molecule has 9 atom stereocenters. The molecular weight excluding hydrogens is 444 g/mol. The summed E-state index contributed by atoms with van der Waals surface area (Å²) in [6.07, 6.45) is 7.44. The van der Waals surface area contributed by atoms with Crippen molar-refractivity contribution in [2.24, 2.45) is 39.4 Å². The predicted octanol–water partition coefficient (Wildman–Crippen LogP) is 5.38. The van der Waals surface area contributed by atoms with Crippen LogP contribution in [0.25, 0.3) is 0 Å². The molecule has 194 valence electrons. The van der Waals surface area contributed by atoms with Crippen molar-refractivity contribution in [1.29, 1.82) is 0 Å². The lowest BCUT2D eigenvalue weighted by Gasteiger charge is -2.70. The average Bonchev–Trinajstić information content (AvgIpc) is 3.13. The molecule has 4 fully saturated rings. The minimum atomic E-state index is -0.570. The summed E-state index contributed by atoms with van der Waals surface area (Å²) >= 11 is 0. The fraction of sp³-hybridized carbons (Fsp3) is 0.828. The highest BCUT2D eigenvalue weighted by atomic mass is 16.6. The number of carbonyl (C=O) groups excluding carboxylic acids is 3. The van der Waals surface area contributed by atoms with Gasteiger partial charge in [-0.15, -0.1) is 0 Å². The van der Waals surface area contributed by atoms with E-state index in [1.165, 1.54) is 45.6 Å². The number of fused-ring (bicyclic) bond motifs is 7. The summed E-state index contributed by atoms with van der Waals surface area (Å²) in [5.41, 5.74) is 0.549. The molecule has 0 aromatic heterocycles. The van der Waals surface area contributed by atoms with E-state index in [1.807, 2.05) is 0 Å². The molecule has 1 heterocycles. The summed E-state index contributed by atoms with van der Waals surface area (Å²) in [6, 6.07) is 0. The van der Waals surface area contributed by atoms with Crippen LogP contribution in [0.2, 0.25) is 0 Å². The summed E-state index contributed by atoms with van der Waals surface area (Å²) < 4.78 is 17.9. The third-order valence-corrected chi connectivity index (χ3v) is 11.4. The molecular formula is C29H42O6. The quantitative estimate of drug-likeness (QED) is 0.385. The molecule has 0 amide bonds. The number of carbonyl (C=O) groups is 3. The van der Waals surface area contributed by atoms with Crippen LogP contribution >= 0.6 is 0 Å². The molecule has 6 heteroatoms. The van der Waals surface area contributed by atoms with Crippen molar-refractivity contribution in [3.63, 3.8) is 0 Å². The van der Waals surface area contributed by atoms with Crippen LogP contribution in [0.15, 0.2) is 11.6 Å². The lowest BCUT2D eigenvalue weighted by atomic mass is 9.35. The lowest BCUT2D eigenvalue weighted by molar-refractivity contribution is -0.259. The van der Waals surface area contributed by atoms with Crippen LogP contribution in [0.5, 0.6) is 0 Å². The Morgan fingerprint density at radius 3 is 2.20 bits per heavy atom. The van der Waals surface area contributed by atoms with Gasteiger partial charge >= 0.3 is 17.9 Å². The topological polar surface area (TPSA) is 78.9 Å². The first-order valence-corrected chi connectivity index (χ1v) is 13.5. The number of ether oxygens (including phenoxy) is 3. The Balaban J connectivity index is 1.64. The monoisotopic (exact) mass is 486 g/mol. The fourth-order valence-corrected chi connectivity index (χ4v) is 10.1. The summed E-state index contributed by atoms with van der Waals surface area (Å²) in [5.74, 6) is 0.0300. The molecule has 0 aromatic rings. The molecule has 0 spiro atoms. The molecule has 1 aliphatic heterocycles. The number of rotatable bonds is 2. The summed E-state index contributed by atoms with van der Waals surface area (Å²) in [4.78, 5) is 37.0. The maximum absolute atomic E-state index is 12.5. The van der Waals surface area contributed by atoms with Gasteiger partial charge in [0.05, 0.1) is 0 Å². The van der Waals surface area contributed by atoms with Gasteiger partial charge in [-0.25, -0.2) is 4.79 Å².